The second kappa shape index (κ2) is 6.09. The maximum Gasteiger partial charge on any atom is 0.128 e. The van der Waals surface area contributed by atoms with Crippen LogP contribution in [0.15, 0.2) is 35.7 Å². The SMILES string of the molecule is CN(Cc1cccs1)Cc1ccc(CN)cc1F. The first-order chi connectivity index (χ1) is 8.69. The molecule has 0 amide bonds. The van der Waals surface area contributed by atoms with Gasteiger partial charge in [0.25, 0.3) is 0 Å². The maximum atomic E-state index is 13.8. The molecular weight excluding hydrogens is 247 g/mol. The van der Waals surface area contributed by atoms with Gasteiger partial charge >= 0.3 is 0 Å². The Bertz CT molecular complexity index is 497. The van der Waals surface area contributed by atoms with E-state index in [4.69, 9.17) is 5.73 Å². The summed E-state index contributed by atoms with van der Waals surface area (Å²) in [6.07, 6.45) is 0. The molecule has 0 aliphatic rings. The van der Waals surface area contributed by atoms with E-state index in [1.54, 1.807) is 11.3 Å². The fourth-order valence-corrected chi connectivity index (χ4v) is 2.65. The van der Waals surface area contributed by atoms with Crippen molar-refractivity contribution in [2.24, 2.45) is 5.73 Å². The number of thiophene rings is 1. The highest BCUT2D eigenvalue weighted by Crippen LogP contribution is 2.15. The summed E-state index contributed by atoms with van der Waals surface area (Å²) in [5, 5.41) is 2.06. The van der Waals surface area contributed by atoms with E-state index in [0.29, 0.717) is 18.7 Å². The van der Waals surface area contributed by atoms with Crippen molar-refractivity contribution < 1.29 is 4.39 Å². The zero-order valence-corrected chi connectivity index (χ0v) is 11.2. The Balaban J connectivity index is 2.00. The third-order valence-corrected chi connectivity index (χ3v) is 3.66. The maximum absolute atomic E-state index is 13.8. The highest BCUT2D eigenvalue weighted by Gasteiger charge is 2.07. The van der Waals surface area contributed by atoms with Crippen molar-refractivity contribution in [3.8, 4) is 0 Å². The summed E-state index contributed by atoms with van der Waals surface area (Å²) in [5.74, 6) is -0.170. The highest BCUT2D eigenvalue weighted by molar-refractivity contribution is 7.09. The van der Waals surface area contributed by atoms with Gasteiger partial charge in [0.15, 0.2) is 0 Å². The predicted octanol–water partition coefficient (Wildman–Crippen LogP) is 2.98. The molecule has 18 heavy (non-hydrogen) atoms. The molecule has 0 aliphatic heterocycles. The van der Waals surface area contributed by atoms with Gasteiger partial charge in [-0.1, -0.05) is 18.2 Å². The molecular formula is C14H17FN2S. The van der Waals surface area contributed by atoms with Crippen LogP contribution in [0.3, 0.4) is 0 Å². The molecule has 0 radical (unpaired) electrons. The predicted molar refractivity (Wildman–Crippen MR) is 73.8 cm³/mol. The number of nitrogens with zero attached hydrogens (tertiary/aromatic N) is 1. The van der Waals surface area contributed by atoms with E-state index in [1.807, 2.05) is 25.2 Å². The standard InChI is InChI=1S/C14H17FN2S/c1-17(10-13-3-2-6-18-13)9-12-5-4-11(8-16)7-14(12)15/h2-7H,8-10,16H2,1H3. The van der Waals surface area contributed by atoms with Crippen LogP contribution in [0, 0.1) is 5.82 Å². The van der Waals surface area contributed by atoms with Crippen molar-refractivity contribution in [1.29, 1.82) is 0 Å². The third-order valence-electron chi connectivity index (χ3n) is 2.80. The summed E-state index contributed by atoms with van der Waals surface area (Å²) < 4.78 is 13.8. The fourth-order valence-electron chi connectivity index (χ4n) is 1.86. The molecule has 0 fully saturated rings. The van der Waals surface area contributed by atoms with Gasteiger partial charge in [-0.05, 0) is 30.1 Å². The average molecular weight is 264 g/mol. The second-order valence-corrected chi connectivity index (χ2v) is 5.41. The molecule has 0 saturated carbocycles. The van der Waals surface area contributed by atoms with Crippen LogP contribution in [0.5, 0.6) is 0 Å². The van der Waals surface area contributed by atoms with Crippen LogP contribution in [0.1, 0.15) is 16.0 Å². The van der Waals surface area contributed by atoms with Crippen molar-refractivity contribution in [3.05, 3.63) is 57.5 Å². The Hall–Kier alpha value is -1.23. The van der Waals surface area contributed by atoms with Crippen molar-refractivity contribution in [1.82, 2.24) is 4.90 Å². The van der Waals surface area contributed by atoms with Crippen LogP contribution in [-0.2, 0) is 19.6 Å². The van der Waals surface area contributed by atoms with Crippen molar-refractivity contribution in [2.75, 3.05) is 7.05 Å². The summed E-state index contributed by atoms with van der Waals surface area (Å²) in [4.78, 5) is 3.39. The van der Waals surface area contributed by atoms with Crippen molar-refractivity contribution >= 4 is 11.3 Å². The van der Waals surface area contributed by atoms with E-state index < -0.39 is 0 Å². The fraction of sp³-hybridized carbons (Fsp3) is 0.286. The molecule has 1 heterocycles. The molecule has 2 aromatic rings. The summed E-state index contributed by atoms with van der Waals surface area (Å²) in [7, 11) is 2.00. The Morgan fingerprint density at radius 1 is 1.28 bits per heavy atom. The largest absolute Gasteiger partial charge is 0.326 e. The number of hydrogen-bond acceptors (Lipinski definition) is 3. The molecule has 2 nitrogen and oxygen atoms in total. The van der Waals surface area contributed by atoms with Gasteiger partial charge in [-0.2, -0.15) is 0 Å². The quantitative estimate of drug-likeness (QED) is 0.899. The lowest BCUT2D eigenvalue weighted by atomic mass is 10.1. The number of benzene rings is 1. The average Bonchev–Trinajstić information content (AvgIpc) is 2.84. The van der Waals surface area contributed by atoms with Crippen molar-refractivity contribution in [3.63, 3.8) is 0 Å². The zero-order valence-electron chi connectivity index (χ0n) is 10.4. The lowest BCUT2D eigenvalue weighted by molar-refractivity contribution is 0.316. The molecule has 0 saturated heterocycles. The monoisotopic (exact) mass is 264 g/mol. The van der Waals surface area contributed by atoms with Crippen LogP contribution < -0.4 is 5.73 Å². The van der Waals surface area contributed by atoms with E-state index in [1.165, 1.54) is 10.9 Å². The molecule has 2 N–H and O–H groups in total. The first-order valence-corrected chi connectivity index (χ1v) is 6.75. The smallest absolute Gasteiger partial charge is 0.128 e. The molecule has 1 aromatic carbocycles. The Morgan fingerprint density at radius 3 is 2.72 bits per heavy atom. The minimum atomic E-state index is -0.170. The van der Waals surface area contributed by atoms with E-state index in [-0.39, 0.29) is 5.82 Å². The zero-order chi connectivity index (χ0) is 13.0. The lowest BCUT2D eigenvalue weighted by Crippen LogP contribution is -2.17. The Labute approximate surface area is 111 Å². The van der Waals surface area contributed by atoms with E-state index in [0.717, 1.165) is 12.1 Å². The summed E-state index contributed by atoms with van der Waals surface area (Å²) in [6.45, 7) is 1.83. The number of hydrogen-bond donors (Lipinski definition) is 1. The van der Waals surface area contributed by atoms with Gasteiger partial charge in [-0.15, -0.1) is 11.3 Å². The Kier molecular flexibility index (Phi) is 4.47. The first kappa shape index (κ1) is 13.2. The second-order valence-electron chi connectivity index (χ2n) is 4.38. The van der Waals surface area contributed by atoms with Gasteiger partial charge in [0, 0.05) is 30.1 Å². The first-order valence-electron chi connectivity index (χ1n) is 5.87. The van der Waals surface area contributed by atoms with E-state index >= 15 is 0 Å². The van der Waals surface area contributed by atoms with Crippen LogP contribution in [-0.4, -0.2) is 11.9 Å². The van der Waals surface area contributed by atoms with Gasteiger partial charge in [-0.3, -0.25) is 4.90 Å². The van der Waals surface area contributed by atoms with Gasteiger partial charge in [0.05, 0.1) is 0 Å². The minimum absolute atomic E-state index is 0.170. The molecule has 0 unspecified atom stereocenters. The number of halogens is 1. The van der Waals surface area contributed by atoms with Crippen LogP contribution in [0.25, 0.3) is 0 Å². The minimum Gasteiger partial charge on any atom is -0.326 e. The van der Waals surface area contributed by atoms with Crippen LogP contribution >= 0.6 is 11.3 Å². The van der Waals surface area contributed by atoms with Gasteiger partial charge in [0.2, 0.25) is 0 Å². The van der Waals surface area contributed by atoms with Crippen LogP contribution in [0.4, 0.5) is 4.39 Å². The molecule has 2 rings (SSSR count). The highest BCUT2D eigenvalue weighted by atomic mass is 32.1. The molecule has 0 atom stereocenters. The lowest BCUT2D eigenvalue weighted by Gasteiger charge is -2.16. The summed E-state index contributed by atoms with van der Waals surface area (Å²) in [5.41, 5.74) is 7.03. The molecule has 4 heteroatoms. The van der Waals surface area contributed by atoms with Crippen LogP contribution in [0.2, 0.25) is 0 Å². The molecule has 0 spiro atoms. The van der Waals surface area contributed by atoms with Gasteiger partial charge in [0.1, 0.15) is 5.82 Å². The van der Waals surface area contributed by atoms with E-state index in [9.17, 15) is 4.39 Å². The number of rotatable bonds is 5. The molecule has 1 aromatic heterocycles. The molecule has 96 valence electrons. The normalized spacial score (nSPS) is 11.1. The summed E-state index contributed by atoms with van der Waals surface area (Å²) >= 11 is 1.72. The van der Waals surface area contributed by atoms with E-state index in [2.05, 4.69) is 16.3 Å². The van der Waals surface area contributed by atoms with Gasteiger partial charge < -0.3 is 5.73 Å². The topological polar surface area (TPSA) is 29.3 Å². The molecule has 0 aliphatic carbocycles. The Morgan fingerprint density at radius 2 is 2.11 bits per heavy atom. The number of nitrogens with two attached hydrogens (primary N) is 1. The third kappa shape index (κ3) is 3.38. The van der Waals surface area contributed by atoms with Gasteiger partial charge in [-0.25, -0.2) is 4.39 Å². The van der Waals surface area contributed by atoms with Crippen molar-refractivity contribution in [2.45, 2.75) is 19.6 Å². The molecule has 0 bridgehead atoms. The summed E-state index contributed by atoms with van der Waals surface area (Å²) in [6, 6.07) is 9.35.